The smallest absolute Gasteiger partial charge is 0.160 e. The Kier molecular flexibility index (Phi) is 3.01. The second-order valence-electron chi connectivity index (χ2n) is 4.89. The lowest BCUT2D eigenvalue weighted by atomic mass is 10.1. The number of rotatable bonds is 2. The van der Waals surface area contributed by atoms with Crippen molar-refractivity contribution in [3.63, 3.8) is 0 Å². The molecule has 0 fully saturated rings. The van der Waals surface area contributed by atoms with Gasteiger partial charge in [0.2, 0.25) is 0 Å². The predicted molar refractivity (Wildman–Crippen MR) is 82.2 cm³/mol. The molecule has 106 valence electrons. The molecule has 0 radical (unpaired) electrons. The highest BCUT2D eigenvalue weighted by Crippen LogP contribution is 2.37. The van der Waals surface area contributed by atoms with Gasteiger partial charge in [0.1, 0.15) is 23.7 Å². The second-order valence-corrected chi connectivity index (χ2v) is 5.60. The number of aromatic nitrogens is 3. The first-order chi connectivity index (χ1) is 10.3. The topological polar surface area (TPSA) is 39.9 Å². The van der Waals surface area contributed by atoms with Crippen LogP contribution in [0.15, 0.2) is 36.5 Å². The van der Waals surface area contributed by atoms with Crippen molar-refractivity contribution in [2.45, 2.75) is 11.9 Å². The summed E-state index contributed by atoms with van der Waals surface area (Å²) in [5, 5.41) is 0.566. The van der Waals surface area contributed by atoms with E-state index in [4.69, 9.17) is 27.9 Å². The highest BCUT2D eigenvalue weighted by Gasteiger charge is 2.29. The first-order valence-electron chi connectivity index (χ1n) is 6.58. The Hall–Kier alpha value is -1.78. The zero-order chi connectivity index (χ0) is 14.4. The minimum absolute atomic E-state index is 0.0358. The Bertz CT molecular complexity index is 831. The summed E-state index contributed by atoms with van der Waals surface area (Å²) in [5.41, 5.74) is 2.66. The fourth-order valence-electron chi connectivity index (χ4n) is 2.79. The van der Waals surface area contributed by atoms with Crippen molar-refractivity contribution in [1.29, 1.82) is 0 Å². The van der Waals surface area contributed by atoms with E-state index in [0.29, 0.717) is 17.5 Å². The van der Waals surface area contributed by atoms with Crippen LogP contribution in [0.5, 0.6) is 5.75 Å². The molecule has 2 aromatic heterocycles. The molecule has 3 aromatic rings. The van der Waals surface area contributed by atoms with Crippen molar-refractivity contribution in [2.24, 2.45) is 0 Å². The Balaban J connectivity index is 1.94. The first kappa shape index (κ1) is 12.9. The highest BCUT2D eigenvalue weighted by atomic mass is 35.5. The third-order valence-corrected chi connectivity index (χ3v) is 4.12. The van der Waals surface area contributed by atoms with Gasteiger partial charge in [-0.2, -0.15) is 0 Å². The molecule has 6 heteroatoms. The van der Waals surface area contributed by atoms with Gasteiger partial charge in [-0.25, -0.2) is 9.97 Å². The maximum absolute atomic E-state index is 6.06. The van der Waals surface area contributed by atoms with Gasteiger partial charge in [0.25, 0.3) is 0 Å². The number of hydrogen-bond donors (Lipinski definition) is 0. The van der Waals surface area contributed by atoms with Gasteiger partial charge in [-0.1, -0.05) is 29.8 Å². The SMILES string of the molecule is ClCc1nc2cc(Cl)cnc2n1C1COc2ccccc21. The second kappa shape index (κ2) is 4.90. The summed E-state index contributed by atoms with van der Waals surface area (Å²) in [6.07, 6.45) is 1.63. The lowest BCUT2D eigenvalue weighted by molar-refractivity contribution is 0.316. The van der Waals surface area contributed by atoms with E-state index in [2.05, 4.69) is 16.0 Å². The molecule has 3 heterocycles. The maximum Gasteiger partial charge on any atom is 0.160 e. The lowest BCUT2D eigenvalue weighted by Gasteiger charge is -2.14. The summed E-state index contributed by atoms with van der Waals surface area (Å²) < 4.78 is 7.81. The number of imidazole rings is 1. The number of halogens is 2. The molecule has 1 aliphatic heterocycles. The normalized spacial score (nSPS) is 17.0. The standard InChI is InChI=1S/C15H11Cl2N3O/c16-6-14-19-11-5-9(17)7-18-15(11)20(14)12-8-21-13-4-2-1-3-10(12)13/h1-5,7,12H,6,8H2. The fraction of sp³-hybridized carbons (Fsp3) is 0.200. The highest BCUT2D eigenvalue weighted by molar-refractivity contribution is 6.31. The van der Waals surface area contributed by atoms with Crippen molar-refractivity contribution in [2.75, 3.05) is 6.61 Å². The molecule has 0 N–H and O–H groups in total. The summed E-state index contributed by atoms with van der Waals surface area (Å²) in [5.74, 6) is 1.98. The third kappa shape index (κ3) is 1.98. The molecule has 1 aromatic carbocycles. The number of para-hydroxylation sites is 1. The molecule has 0 aliphatic carbocycles. The predicted octanol–water partition coefficient (Wildman–Crippen LogP) is 3.81. The average molecular weight is 320 g/mol. The van der Waals surface area contributed by atoms with E-state index in [1.807, 2.05) is 22.8 Å². The summed E-state index contributed by atoms with van der Waals surface area (Å²) in [4.78, 5) is 8.96. The van der Waals surface area contributed by atoms with Gasteiger partial charge in [-0.15, -0.1) is 11.6 Å². The molecule has 0 saturated carbocycles. The average Bonchev–Trinajstić information content (AvgIpc) is 3.07. The van der Waals surface area contributed by atoms with E-state index in [0.717, 1.165) is 28.3 Å². The van der Waals surface area contributed by atoms with Crippen molar-refractivity contribution in [1.82, 2.24) is 14.5 Å². The van der Waals surface area contributed by atoms with E-state index in [1.165, 1.54) is 0 Å². The van der Waals surface area contributed by atoms with Crippen LogP contribution in [0.3, 0.4) is 0 Å². The van der Waals surface area contributed by atoms with Crippen molar-refractivity contribution in [3.8, 4) is 5.75 Å². The van der Waals surface area contributed by atoms with Gasteiger partial charge in [0, 0.05) is 11.8 Å². The summed E-state index contributed by atoms with van der Waals surface area (Å²) in [6, 6.07) is 9.84. The molecular weight excluding hydrogens is 309 g/mol. The van der Waals surface area contributed by atoms with Gasteiger partial charge < -0.3 is 9.30 Å². The van der Waals surface area contributed by atoms with Crippen LogP contribution in [0.1, 0.15) is 17.4 Å². The Morgan fingerprint density at radius 2 is 2.19 bits per heavy atom. The monoisotopic (exact) mass is 319 g/mol. The molecule has 0 saturated heterocycles. The van der Waals surface area contributed by atoms with Crippen LogP contribution in [-0.2, 0) is 5.88 Å². The number of benzene rings is 1. The molecule has 0 spiro atoms. The summed E-state index contributed by atoms with van der Waals surface area (Å²) in [7, 11) is 0. The van der Waals surface area contributed by atoms with Crippen molar-refractivity contribution < 1.29 is 4.74 Å². The van der Waals surface area contributed by atoms with Gasteiger partial charge in [-0.05, 0) is 12.1 Å². The Labute approximate surface area is 131 Å². The molecule has 0 amide bonds. The largest absolute Gasteiger partial charge is 0.491 e. The minimum Gasteiger partial charge on any atom is -0.491 e. The van der Waals surface area contributed by atoms with Crippen molar-refractivity contribution in [3.05, 3.63) is 52.9 Å². The zero-order valence-corrected chi connectivity index (χ0v) is 12.5. The van der Waals surface area contributed by atoms with E-state index >= 15 is 0 Å². The fourth-order valence-corrected chi connectivity index (χ4v) is 3.13. The van der Waals surface area contributed by atoms with Crippen LogP contribution in [-0.4, -0.2) is 21.1 Å². The zero-order valence-electron chi connectivity index (χ0n) is 11.0. The molecule has 21 heavy (non-hydrogen) atoms. The van der Waals surface area contributed by atoms with E-state index < -0.39 is 0 Å². The van der Waals surface area contributed by atoms with E-state index in [-0.39, 0.29) is 6.04 Å². The van der Waals surface area contributed by atoms with Crippen LogP contribution in [0.4, 0.5) is 0 Å². The van der Waals surface area contributed by atoms with Gasteiger partial charge in [-0.3, -0.25) is 0 Å². The molecule has 0 bridgehead atoms. The molecule has 4 nitrogen and oxygen atoms in total. The van der Waals surface area contributed by atoms with Crippen LogP contribution in [0.25, 0.3) is 11.2 Å². The molecule has 4 rings (SSSR count). The maximum atomic E-state index is 6.06. The first-order valence-corrected chi connectivity index (χ1v) is 7.49. The summed E-state index contributed by atoms with van der Waals surface area (Å²) in [6.45, 7) is 0.555. The van der Waals surface area contributed by atoms with Crippen LogP contribution in [0.2, 0.25) is 5.02 Å². The van der Waals surface area contributed by atoms with E-state index in [9.17, 15) is 0 Å². The number of ether oxygens (including phenoxy) is 1. The van der Waals surface area contributed by atoms with Crippen LogP contribution in [0, 0.1) is 0 Å². The van der Waals surface area contributed by atoms with Crippen molar-refractivity contribution >= 4 is 34.4 Å². The summed E-state index contributed by atoms with van der Waals surface area (Å²) >= 11 is 12.1. The van der Waals surface area contributed by atoms with E-state index in [1.54, 1.807) is 12.3 Å². The number of fused-ring (bicyclic) bond motifs is 2. The molecular formula is C15H11Cl2N3O. The minimum atomic E-state index is 0.0358. The number of hydrogen-bond acceptors (Lipinski definition) is 3. The van der Waals surface area contributed by atoms with Gasteiger partial charge >= 0.3 is 0 Å². The number of pyridine rings is 1. The van der Waals surface area contributed by atoms with Gasteiger partial charge in [0.05, 0.1) is 16.9 Å². The number of nitrogens with zero attached hydrogens (tertiary/aromatic N) is 3. The molecule has 1 atom stereocenters. The quantitative estimate of drug-likeness (QED) is 0.674. The van der Waals surface area contributed by atoms with Crippen LogP contribution < -0.4 is 4.74 Å². The van der Waals surface area contributed by atoms with Crippen LogP contribution >= 0.6 is 23.2 Å². The Morgan fingerprint density at radius 1 is 1.33 bits per heavy atom. The Morgan fingerprint density at radius 3 is 3.05 bits per heavy atom. The third-order valence-electron chi connectivity index (χ3n) is 3.68. The number of alkyl halides is 1. The van der Waals surface area contributed by atoms with Gasteiger partial charge in [0.15, 0.2) is 5.65 Å². The lowest BCUT2D eigenvalue weighted by Crippen LogP contribution is -2.15. The molecule has 1 aliphatic rings. The molecule has 1 unspecified atom stereocenters.